The molecular weight excluding hydrogens is 302 g/mol. The zero-order valence-corrected chi connectivity index (χ0v) is 14.9. The Hall–Kier alpha value is -1.69. The summed E-state index contributed by atoms with van der Waals surface area (Å²) in [7, 11) is 0. The highest BCUT2D eigenvalue weighted by molar-refractivity contribution is 5.36. The molecule has 5 nitrogen and oxygen atoms in total. The molecule has 1 atom stereocenters. The van der Waals surface area contributed by atoms with E-state index in [-0.39, 0.29) is 6.10 Å². The van der Waals surface area contributed by atoms with Crippen molar-refractivity contribution in [2.24, 2.45) is 0 Å². The zero-order chi connectivity index (χ0) is 16.9. The number of benzene rings is 1. The summed E-state index contributed by atoms with van der Waals surface area (Å²) in [6.07, 6.45) is 0.170. The normalized spacial score (nSPS) is 18.9. The van der Waals surface area contributed by atoms with E-state index in [4.69, 9.17) is 14.6 Å². The monoisotopic (exact) mass is 329 g/mol. The van der Waals surface area contributed by atoms with Crippen molar-refractivity contribution in [3.05, 3.63) is 47.3 Å². The molecule has 2 heterocycles. The average molecular weight is 329 g/mol. The molecule has 0 spiro atoms. The minimum atomic E-state index is 0.170. The van der Waals surface area contributed by atoms with E-state index < -0.39 is 0 Å². The van der Waals surface area contributed by atoms with Gasteiger partial charge in [-0.25, -0.2) is 4.68 Å². The Morgan fingerprint density at radius 3 is 2.79 bits per heavy atom. The minimum Gasteiger partial charge on any atom is -0.379 e. The van der Waals surface area contributed by atoms with Gasteiger partial charge in [0.15, 0.2) is 0 Å². The Morgan fingerprint density at radius 1 is 1.25 bits per heavy atom. The predicted octanol–water partition coefficient (Wildman–Crippen LogP) is 2.73. The lowest BCUT2D eigenvalue weighted by Gasteiger charge is -2.32. The first-order valence-electron chi connectivity index (χ1n) is 8.71. The van der Waals surface area contributed by atoms with Gasteiger partial charge in [0.05, 0.1) is 30.7 Å². The number of aryl methyl sites for hydroxylation is 1. The summed E-state index contributed by atoms with van der Waals surface area (Å²) in [5.74, 6) is 0. The van der Waals surface area contributed by atoms with Crippen LogP contribution in [-0.2, 0) is 16.0 Å². The standard InChI is InChI=1S/C19H27N3O2/c1-4-23-14-18-12-21(10-11-24-18)13-19-15(2)20-22(16(19)3)17-8-6-5-7-9-17/h5-9,18H,4,10-14H2,1-3H3. The maximum Gasteiger partial charge on any atom is 0.0935 e. The van der Waals surface area contributed by atoms with Crippen molar-refractivity contribution in [3.8, 4) is 5.69 Å². The molecule has 1 aromatic carbocycles. The Labute approximate surface area is 144 Å². The molecule has 5 heteroatoms. The SMILES string of the molecule is CCOCC1CN(Cc2c(C)nn(-c3ccccc3)c2C)CCO1. The van der Waals surface area contributed by atoms with Crippen molar-refractivity contribution < 1.29 is 9.47 Å². The molecule has 0 saturated carbocycles. The number of rotatable bonds is 6. The fraction of sp³-hybridized carbons (Fsp3) is 0.526. The van der Waals surface area contributed by atoms with Crippen molar-refractivity contribution in [2.75, 3.05) is 32.9 Å². The molecule has 0 bridgehead atoms. The van der Waals surface area contributed by atoms with Gasteiger partial charge in [0, 0.05) is 37.5 Å². The first-order chi connectivity index (χ1) is 11.7. The molecule has 24 heavy (non-hydrogen) atoms. The average Bonchev–Trinajstić information content (AvgIpc) is 2.89. The van der Waals surface area contributed by atoms with Crippen molar-refractivity contribution in [1.29, 1.82) is 0 Å². The van der Waals surface area contributed by atoms with Crippen LogP contribution >= 0.6 is 0 Å². The van der Waals surface area contributed by atoms with E-state index in [0.29, 0.717) is 6.61 Å². The second kappa shape index (κ2) is 7.92. The third kappa shape index (κ3) is 3.86. The molecule has 0 amide bonds. The predicted molar refractivity (Wildman–Crippen MR) is 94.5 cm³/mol. The second-order valence-corrected chi connectivity index (χ2v) is 6.28. The van der Waals surface area contributed by atoms with E-state index in [1.807, 2.05) is 29.8 Å². The zero-order valence-electron chi connectivity index (χ0n) is 14.9. The molecule has 1 unspecified atom stereocenters. The lowest BCUT2D eigenvalue weighted by molar-refractivity contribution is -0.0695. The number of aromatic nitrogens is 2. The van der Waals surface area contributed by atoms with E-state index in [1.54, 1.807) is 0 Å². The fourth-order valence-corrected chi connectivity index (χ4v) is 3.22. The van der Waals surface area contributed by atoms with E-state index in [2.05, 4.69) is 30.9 Å². The first kappa shape index (κ1) is 17.1. The van der Waals surface area contributed by atoms with Gasteiger partial charge in [-0.2, -0.15) is 5.10 Å². The van der Waals surface area contributed by atoms with Crippen LogP contribution in [0, 0.1) is 13.8 Å². The van der Waals surface area contributed by atoms with Crippen molar-refractivity contribution in [2.45, 2.75) is 33.4 Å². The quantitative estimate of drug-likeness (QED) is 0.817. The molecule has 1 aliphatic heterocycles. The highest BCUT2D eigenvalue weighted by Crippen LogP contribution is 2.20. The molecule has 2 aromatic rings. The van der Waals surface area contributed by atoms with Gasteiger partial charge in [-0.1, -0.05) is 18.2 Å². The van der Waals surface area contributed by atoms with E-state index in [1.165, 1.54) is 11.3 Å². The summed E-state index contributed by atoms with van der Waals surface area (Å²) in [6, 6.07) is 10.3. The number of nitrogens with zero attached hydrogens (tertiary/aromatic N) is 3. The number of hydrogen-bond acceptors (Lipinski definition) is 4. The maximum atomic E-state index is 5.80. The van der Waals surface area contributed by atoms with Gasteiger partial charge >= 0.3 is 0 Å². The summed E-state index contributed by atoms with van der Waals surface area (Å²) >= 11 is 0. The third-order valence-corrected chi connectivity index (χ3v) is 4.55. The van der Waals surface area contributed by atoms with Gasteiger partial charge in [0.1, 0.15) is 0 Å². The molecule has 1 aliphatic rings. The van der Waals surface area contributed by atoms with Crippen LogP contribution in [0.2, 0.25) is 0 Å². The smallest absolute Gasteiger partial charge is 0.0935 e. The van der Waals surface area contributed by atoms with Crippen LogP contribution in [0.3, 0.4) is 0 Å². The maximum absolute atomic E-state index is 5.80. The van der Waals surface area contributed by atoms with Crippen molar-refractivity contribution in [3.63, 3.8) is 0 Å². The highest BCUT2D eigenvalue weighted by Gasteiger charge is 2.23. The summed E-state index contributed by atoms with van der Waals surface area (Å²) in [6.45, 7) is 11.2. The number of ether oxygens (including phenoxy) is 2. The molecule has 0 N–H and O–H groups in total. The summed E-state index contributed by atoms with van der Waals surface area (Å²) in [5, 5.41) is 4.75. The molecule has 1 fully saturated rings. The lowest BCUT2D eigenvalue weighted by atomic mass is 10.1. The Kier molecular flexibility index (Phi) is 5.66. The molecule has 1 aromatic heterocycles. The van der Waals surface area contributed by atoms with E-state index in [9.17, 15) is 0 Å². The summed E-state index contributed by atoms with van der Waals surface area (Å²) in [4.78, 5) is 2.44. The lowest BCUT2D eigenvalue weighted by Crippen LogP contribution is -2.44. The van der Waals surface area contributed by atoms with Gasteiger partial charge < -0.3 is 9.47 Å². The van der Waals surface area contributed by atoms with Crippen LogP contribution in [-0.4, -0.2) is 53.7 Å². The molecule has 0 radical (unpaired) electrons. The fourth-order valence-electron chi connectivity index (χ4n) is 3.22. The van der Waals surface area contributed by atoms with Crippen LogP contribution in [0.4, 0.5) is 0 Å². The Morgan fingerprint density at radius 2 is 2.04 bits per heavy atom. The summed E-state index contributed by atoms with van der Waals surface area (Å²) < 4.78 is 13.4. The van der Waals surface area contributed by atoms with Crippen molar-refractivity contribution >= 4 is 0 Å². The van der Waals surface area contributed by atoms with Crippen LogP contribution in [0.15, 0.2) is 30.3 Å². The Balaban J connectivity index is 1.72. The first-order valence-corrected chi connectivity index (χ1v) is 8.71. The third-order valence-electron chi connectivity index (χ3n) is 4.55. The van der Waals surface area contributed by atoms with Gasteiger partial charge in [0.2, 0.25) is 0 Å². The molecule has 130 valence electrons. The highest BCUT2D eigenvalue weighted by atomic mass is 16.5. The molecular formula is C19H27N3O2. The topological polar surface area (TPSA) is 39.5 Å². The largest absolute Gasteiger partial charge is 0.379 e. The summed E-state index contributed by atoms with van der Waals surface area (Å²) in [5.41, 5.74) is 4.74. The molecule has 0 aliphatic carbocycles. The van der Waals surface area contributed by atoms with Crippen molar-refractivity contribution in [1.82, 2.24) is 14.7 Å². The van der Waals surface area contributed by atoms with E-state index >= 15 is 0 Å². The molecule has 3 rings (SSSR count). The van der Waals surface area contributed by atoms with Gasteiger partial charge in [-0.15, -0.1) is 0 Å². The van der Waals surface area contributed by atoms with Crippen LogP contribution < -0.4 is 0 Å². The van der Waals surface area contributed by atoms with Crippen LogP contribution in [0.1, 0.15) is 23.9 Å². The second-order valence-electron chi connectivity index (χ2n) is 6.28. The van der Waals surface area contributed by atoms with E-state index in [0.717, 1.165) is 44.2 Å². The van der Waals surface area contributed by atoms with Gasteiger partial charge in [-0.05, 0) is 32.9 Å². The number of morpholine rings is 1. The Bertz CT molecular complexity index is 654. The number of hydrogen-bond donors (Lipinski definition) is 0. The molecule has 1 saturated heterocycles. The van der Waals surface area contributed by atoms with Crippen LogP contribution in [0.25, 0.3) is 5.69 Å². The van der Waals surface area contributed by atoms with Gasteiger partial charge in [0.25, 0.3) is 0 Å². The van der Waals surface area contributed by atoms with Gasteiger partial charge in [-0.3, -0.25) is 4.90 Å². The number of para-hydroxylation sites is 1. The minimum absolute atomic E-state index is 0.170. The van der Waals surface area contributed by atoms with Crippen LogP contribution in [0.5, 0.6) is 0 Å².